The third-order valence-corrected chi connectivity index (χ3v) is 3.33. The Kier molecular flexibility index (Phi) is 4.38. The van der Waals surface area contributed by atoms with Crippen molar-refractivity contribution in [3.63, 3.8) is 0 Å². The Morgan fingerprint density at radius 2 is 1.65 bits per heavy atom. The highest BCUT2D eigenvalue weighted by Crippen LogP contribution is 2.30. The average molecular weight is 268 g/mol. The van der Waals surface area contributed by atoms with E-state index in [1.165, 1.54) is 0 Å². The van der Waals surface area contributed by atoms with Gasteiger partial charge >= 0.3 is 0 Å². The molecule has 0 saturated carbocycles. The van der Waals surface area contributed by atoms with Crippen LogP contribution in [-0.4, -0.2) is 5.11 Å². The molecule has 2 nitrogen and oxygen atoms in total. The predicted octanol–water partition coefficient (Wildman–Crippen LogP) is 4.27. The molecule has 0 amide bonds. The Hall–Kier alpha value is -1.90. The summed E-state index contributed by atoms with van der Waals surface area (Å²) < 4.78 is 5.81. The molecule has 0 aromatic heterocycles. The Bertz CT molecular complexity index is 556. The summed E-state index contributed by atoms with van der Waals surface area (Å²) in [5.74, 6) is 0. The van der Waals surface area contributed by atoms with Gasteiger partial charge in [0.25, 0.3) is 0 Å². The van der Waals surface area contributed by atoms with Crippen molar-refractivity contribution >= 4 is 6.08 Å². The molecule has 2 heteroatoms. The zero-order valence-corrected chi connectivity index (χ0v) is 11.9. The van der Waals surface area contributed by atoms with Crippen LogP contribution in [0.25, 0.3) is 6.08 Å². The summed E-state index contributed by atoms with van der Waals surface area (Å²) in [4.78, 5) is 0. The van der Waals surface area contributed by atoms with Crippen molar-refractivity contribution in [1.82, 2.24) is 0 Å². The first-order valence-electron chi connectivity index (χ1n) is 6.67. The van der Waals surface area contributed by atoms with Gasteiger partial charge in [0.2, 0.25) is 0 Å². The number of hydrogen-bond acceptors (Lipinski definition) is 2. The maximum absolute atomic E-state index is 10.2. The normalized spacial score (nSPS) is 12.9. The maximum atomic E-state index is 10.2. The molecule has 0 heterocycles. The quantitative estimate of drug-likeness (QED) is 0.820. The summed E-state index contributed by atoms with van der Waals surface area (Å²) in [6, 6.07) is 17.4. The summed E-state index contributed by atoms with van der Waals surface area (Å²) >= 11 is 0. The molecule has 1 atom stereocenters. The van der Waals surface area contributed by atoms with Gasteiger partial charge in [0.15, 0.2) is 6.29 Å². The van der Waals surface area contributed by atoms with Crippen LogP contribution in [0.2, 0.25) is 0 Å². The Morgan fingerprint density at radius 1 is 1.05 bits per heavy atom. The molecule has 2 aromatic rings. The topological polar surface area (TPSA) is 29.5 Å². The fourth-order valence-corrected chi connectivity index (χ4v) is 2.05. The highest BCUT2D eigenvalue weighted by Gasteiger charge is 2.25. The van der Waals surface area contributed by atoms with E-state index in [4.69, 9.17) is 4.74 Å². The molecular weight excluding hydrogens is 248 g/mol. The van der Waals surface area contributed by atoms with Crippen LogP contribution in [0.3, 0.4) is 0 Å². The van der Waals surface area contributed by atoms with Gasteiger partial charge in [-0.2, -0.15) is 0 Å². The maximum Gasteiger partial charge on any atom is 0.182 e. The molecule has 0 aliphatic carbocycles. The van der Waals surface area contributed by atoms with Crippen molar-refractivity contribution < 1.29 is 9.84 Å². The molecule has 2 rings (SSSR count). The van der Waals surface area contributed by atoms with Crippen LogP contribution in [0.5, 0.6) is 0 Å². The molecule has 0 saturated heterocycles. The van der Waals surface area contributed by atoms with Crippen LogP contribution < -0.4 is 0 Å². The molecule has 0 radical (unpaired) electrons. The van der Waals surface area contributed by atoms with Gasteiger partial charge in [-0.15, -0.1) is 0 Å². The lowest BCUT2D eigenvalue weighted by atomic mass is 9.98. The van der Waals surface area contributed by atoms with Crippen molar-refractivity contribution in [1.29, 1.82) is 0 Å². The molecule has 0 bridgehead atoms. The SMILES string of the molecule is C=Cc1ccc(C(O)OC(C)(C)c2ccccc2)cc1. The monoisotopic (exact) mass is 268 g/mol. The third kappa shape index (κ3) is 3.35. The minimum absolute atomic E-state index is 0.558. The van der Waals surface area contributed by atoms with Crippen molar-refractivity contribution in [2.45, 2.75) is 25.7 Å². The van der Waals surface area contributed by atoms with E-state index < -0.39 is 11.9 Å². The molecular formula is C18H20O2. The average Bonchev–Trinajstić information content (AvgIpc) is 2.48. The van der Waals surface area contributed by atoms with Crippen LogP contribution in [0.15, 0.2) is 61.2 Å². The van der Waals surface area contributed by atoms with E-state index in [9.17, 15) is 5.11 Å². The molecule has 2 aromatic carbocycles. The molecule has 104 valence electrons. The number of benzene rings is 2. The number of hydrogen-bond donors (Lipinski definition) is 1. The zero-order valence-electron chi connectivity index (χ0n) is 11.9. The highest BCUT2D eigenvalue weighted by molar-refractivity contribution is 5.47. The summed E-state index contributed by atoms with van der Waals surface area (Å²) in [7, 11) is 0. The standard InChI is InChI=1S/C18H20O2/c1-4-14-10-12-15(13-11-14)17(19)20-18(2,3)16-8-6-5-7-9-16/h4-13,17,19H,1H2,2-3H3. The van der Waals surface area contributed by atoms with E-state index in [1.807, 2.05) is 68.4 Å². The summed E-state index contributed by atoms with van der Waals surface area (Å²) in [5.41, 5.74) is 2.22. The lowest BCUT2D eigenvalue weighted by Gasteiger charge is -2.29. The summed E-state index contributed by atoms with van der Waals surface area (Å²) in [6.07, 6.45) is 0.814. The first-order chi connectivity index (χ1) is 9.53. The minimum atomic E-state index is -0.955. The van der Waals surface area contributed by atoms with E-state index in [2.05, 4.69) is 6.58 Å². The van der Waals surface area contributed by atoms with E-state index in [-0.39, 0.29) is 0 Å². The first kappa shape index (κ1) is 14.5. The molecule has 1 N–H and O–H groups in total. The van der Waals surface area contributed by atoms with Gasteiger partial charge < -0.3 is 9.84 Å². The number of rotatable bonds is 5. The van der Waals surface area contributed by atoms with Gasteiger partial charge in [-0.3, -0.25) is 0 Å². The third-order valence-electron chi connectivity index (χ3n) is 3.33. The lowest BCUT2D eigenvalue weighted by Crippen LogP contribution is -2.24. The summed E-state index contributed by atoms with van der Waals surface area (Å²) in [6.45, 7) is 7.61. The second kappa shape index (κ2) is 6.04. The second-order valence-corrected chi connectivity index (χ2v) is 5.22. The Labute approximate surface area is 120 Å². The van der Waals surface area contributed by atoms with Gasteiger partial charge in [-0.1, -0.05) is 67.3 Å². The fourth-order valence-electron chi connectivity index (χ4n) is 2.05. The highest BCUT2D eigenvalue weighted by atomic mass is 16.6. The van der Waals surface area contributed by atoms with E-state index in [0.29, 0.717) is 0 Å². The van der Waals surface area contributed by atoms with Crippen molar-refractivity contribution in [3.8, 4) is 0 Å². The lowest BCUT2D eigenvalue weighted by molar-refractivity contribution is -0.181. The predicted molar refractivity (Wildman–Crippen MR) is 82.0 cm³/mol. The minimum Gasteiger partial charge on any atom is -0.364 e. The molecule has 0 fully saturated rings. The molecule has 0 spiro atoms. The van der Waals surface area contributed by atoms with E-state index in [0.717, 1.165) is 16.7 Å². The van der Waals surface area contributed by atoms with E-state index in [1.54, 1.807) is 6.08 Å². The number of ether oxygens (including phenoxy) is 1. The largest absolute Gasteiger partial charge is 0.364 e. The summed E-state index contributed by atoms with van der Waals surface area (Å²) in [5, 5.41) is 10.2. The van der Waals surface area contributed by atoms with Gasteiger partial charge in [0, 0.05) is 5.56 Å². The zero-order chi connectivity index (χ0) is 14.6. The Morgan fingerprint density at radius 3 is 2.20 bits per heavy atom. The number of aliphatic hydroxyl groups is 1. The van der Waals surface area contributed by atoms with Gasteiger partial charge in [0.05, 0.1) is 5.60 Å². The fraction of sp³-hybridized carbons (Fsp3) is 0.222. The Balaban J connectivity index is 2.13. The molecule has 20 heavy (non-hydrogen) atoms. The molecule has 0 aliphatic heterocycles. The smallest absolute Gasteiger partial charge is 0.182 e. The van der Waals surface area contributed by atoms with Crippen molar-refractivity contribution in [2.24, 2.45) is 0 Å². The second-order valence-electron chi connectivity index (χ2n) is 5.22. The van der Waals surface area contributed by atoms with Gasteiger partial charge in [-0.25, -0.2) is 0 Å². The molecule has 0 aliphatic rings. The first-order valence-corrected chi connectivity index (χ1v) is 6.67. The van der Waals surface area contributed by atoms with Gasteiger partial charge in [0.1, 0.15) is 0 Å². The van der Waals surface area contributed by atoms with Crippen LogP contribution in [0.4, 0.5) is 0 Å². The van der Waals surface area contributed by atoms with E-state index >= 15 is 0 Å². The van der Waals surface area contributed by atoms with Crippen molar-refractivity contribution in [2.75, 3.05) is 0 Å². The number of aliphatic hydroxyl groups excluding tert-OH is 1. The van der Waals surface area contributed by atoms with Crippen molar-refractivity contribution in [3.05, 3.63) is 77.9 Å². The van der Waals surface area contributed by atoms with Crippen LogP contribution >= 0.6 is 0 Å². The van der Waals surface area contributed by atoms with Crippen LogP contribution in [-0.2, 0) is 10.3 Å². The molecule has 1 unspecified atom stereocenters. The van der Waals surface area contributed by atoms with Crippen LogP contribution in [0, 0.1) is 0 Å². The van der Waals surface area contributed by atoms with Crippen LogP contribution in [0.1, 0.15) is 36.8 Å². The van der Waals surface area contributed by atoms with Gasteiger partial charge in [-0.05, 0) is 25.0 Å².